The smallest absolute Gasteiger partial charge is 0.330 e. The van der Waals surface area contributed by atoms with Crippen LogP contribution >= 0.6 is 0 Å². The molecule has 6 nitrogen and oxygen atoms in total. The van der Waals surface area contributed by atoms with Crippen LogP contribution in [0.4, 0.5) is 0 Å². The molecule has 2 aromatic carbocycles. The van der Waals surface area contributed by atoms with E-state index >= 15 is 0 Å². The van der Waals surface area contributed by atoms with Crippen LogP contribution in [0, 0.1) is 0 Å². The van der Waals surface area contributed by atoms with Crippen molar-refractivity contribution in [2.75, 3.05) is 26.4 Å². The van der Waals surface area contributed by atoms with Crippen LogP contribution in [-0.4, -0.2) is 49.7 Å². The summed E-state index contributed by atoms with van der Waals surface area (Å²) in [4.78, 5) is 9.60. The van der Waals surface area contributed by atoms with Gasteiger partial charge in [0, 0.05) is 22.1 Å². The van der Waals surface area contributed by atoms with Crippen molar-refractivity contribution in [3.05, 3.63) is 71.8 Å². The predicted molar refractivity (Wildman–Crippen MR) is 118 cm³/mol. The summed E-state index contributed by atoms with van der Waals surface area (Å²) in [6.45, 7) is 11.8. The Kier molecular flexibility index (Phi) is 7.36. The summed E-state index contributed by atoms with van der Waals surface area (Å²) in [5, 5.41) is 7.89. The molecular weight excluding hydrogens is 396 g/mol. The molecule has 2 heterocycles. The van der Waals surface area contributed by atoms with Gasteiger partial charge in [0.25, 0.3) is 0 Å². The van der Waals surface area contributed by atoms with Crippen LogP contribution < -0.4 is 9.47 Å². The molecule has 0 saturated carbocycles. The molecule has 2 atom stereocenters. The lowest BCUT2D eigenvalue weighted by Crippen LogP contribution is -2.22. The highest BCUT2D eigenvalue weighted by Crippen LogP contribution is 2.41. The summed E-state index contributed by atoms with van der Waals surface area (Å²) in [6.07, 6.45) is 0.482. The first-order valence-corrected chi connectivity index (χ1v) is 10.4. The quantitative estimate of drug-likeness (QED) is 0.478. The zero-order valence-electron chi connectivity index (χ0n) is 18.3. The van der Waals surface area contributed by atoms with Gasteiger partial charge < -0.3 is 24.1 Å². The van der Waals surface area contributed by atoms with Crippen molar-refractivity contribution in [2.24, 2.45) is 0 Å². The molecule has 0 radical (unpaired) electrons. The molecule has 1 N–H and O–H groups in total. The Labute approximate surface area is 183 Å². The Balaban J connectivity index is 0.000000401. The summed E-state index contributed by atoms with van der Waals surface area (Å²) < 4.78 is 22.6. The molecule has 0 spiro atoms. The van der Waals surface area contributed by atoms with Crippen molar-refractivity contribution in [3.8, 4) is 11.5 Å². The molecule has 31 heavy (non-hydrogen) atoms. The maximum atomic E-state index is 9.60. The molecule has 0 aromatic heterocycles. The first-order chi connectivity index (χ1) is 14.8. The van der Waals surface area contributed by atoms with E-state index in [9.17, 15) is 4.79 Å². The predicted octanol–water partition coefficient (Wildman–Crippen LogP) is 4.21. The average molecular weight is 427 g/mol. The van der Waals surface area contributed by atoms with Crippen LogP contribution in [-0.2, 0) is 19.7 Å². The number of epoxide rings is 2. The van der Waals surface area contributed by atoms with E-state index < -0.39 is 5.97 Å². The van der Waals surface area contributed by atoms with Gasteiger partial charge in [-0.15, -0.1) is 0 Å². The number of carboxylic acid groups (broad SMARTS) is 1. The van der Waals surface area contributed by atoms with E-state index in [1.807, 2.05) is 24.3 Å². The van der Waals surface area contributed by atoms with Gasteiger partial charge >= 0.3 is 5.97 Å². The number of hydrogen-bond acceptors (Lipinski definition) is 5. The van der Waals surface area contributed by atoms with E-state index in [1.54, 1.807) is 0 Å². The minimum atomic E-state index is -0.935. The number of aliphatic carboxylic acids is 1. The molecular formula is C25H30O6. The molecule has 6 heteroatoms. The van der Waals surface area contributed by atoms with Crippen LogP contribution in [0.3, 0.4) is 0 Å². The highest BCUT2D eigenvalue weighted by atomic mass is 16.6. The Bertz CT molecular complexity index is 838. The third kappa shape index (κ3) is 6.57. The third-order valence-corrected chi connectivity index (χ3v) is 5.14. The second-order valence-electron chi connectivity index (χ2n) is 8.24. The summed E-state index contributed by atoms with van der Waals surface area (Å²) in [7, 11) is 0. The lowest BCUT2D eigenvalue weighted by atomic mass is 9.77. The minimum absolute atomic E-state index is 0.176. The van der Waals surface area contributed by atoms with Crippen molar-refractivity contribution >= 4 is 5.97 Å². The van der Waals surface area contributed by atoms with Gasteiger partial charge in [-0.1, -0.05) is 56.8 Å². The fourth-order valence-corrected chi connectivity index (χ4v) is 3.06. The van der Waals surface area contributed by atoms with E-state index in [4.69, 9.17) is 24.1 Å². The number of ether oxygens (including phenoxy) is 4. The molecule has 2 aromatic rings. The molecule has 2 aliphatic heterocycles. The van der Waals surface area contributed by atoms with Crippen LogP contribution in [0.2, 0.25) is 0 Å². The van der Waals surface area contributed by atoms with Crippen LogP contribution in [0.15, 0.2) is 60.7 Å². The second kappa shape index (κ2) is 9.98. The van der Waals surface area contributed by atoms with E-state index in [0.717, 1.165) is 35.8 Å². The van der Waals surface area contributed by atoms with Crippen molar-refractivity contribution in [1.82, 2.24) is 0 Å². The average Bonchev–Trinajstić information content (AvgIpc) is 3.66. The minimum Gasteiger partial charge on any atom is -0.490 e. The fourth-order valence-electron chi connectivity index (χ4n) is 3.06. The van der Waals surface area contributed by atoms with Gasteiger partial charge in [-0.2, -0.15) is 0 Å². The summed E-state index contributed by atoms with van der Waals surface area (Å²) in [5.41, 5.74) is 2.22. The van der Waals surface area contributed by atoms with Gasteiger partial charge in [0.15, 0.2) is 0 Å². The molecule has 2 aliphatic rings. The summed E-state index contributed by atoms with van der Waals surface area (Å²) in [6, 6.07) is 16.4. The summed E-state index contributed by atoms with van der Waals surface area (Å²) >= 11 is 0. The number of rotatable bonds is 9. The van der Waals surface area contributed by atoms with Gasteiger partial charge in [0.1, 0.15) is 36.9 Å². The number of benzene rings is 2. The highest BCUT2D eigenvalue weighted by molar-refractivity contribution is 5.84. The number of carbonyl (C=O) groups is 1. The van der Waals surface area contributed by atoms with Crippen molar-refractivity contribution in [1.29, 1.82) is 0 Å². The number of carboxylic acids is 1. The Morgan fingerprint density at radius 2 is 1.32 bits per heavy atom. The lowest BCUT2D eigenvalue weighted by molar-refractivity contribution is -0.132. The van der Waals surface area contributed by atoms with Gasteiger partial charge in [-0.25, -0.2) is 4.79 Å². The SMILES string of the molecule is C=C(C)C(=O)O.CC(C)(c1ccccc1OCC1CO1)c1ccccc1OCC1CO1. The monoisotopic (exact) mass is 426 g/mol. The maximum absolute atomic E-state index is 9.60. The Morgan fingerprint density at radius 1 is 0.968 bits per heavy atom. The third-order valence-electron chi connectivity index (χ3n) is 5.14. The highest BCUT2D eigenvalue weighted by Gasteiger charge is 2.31. The Morgan fingerprint density at radius 3 is 1.65 bits per heavy atom. The normalized spacial score (nSPS) is 18.9. The largest absolute Gasteiger partial charge is 0.490 e. The van der Waals surface area contributed by atoms with Gasteiger partial charge in [0.05, 0.1) is 13.2 Å². The van der Waals surface area contributed by atoms with Gasteiger partial charge in [0.2, 0.25) is 0 Å². The first-order valence-electron chi connectivity index (χ1n) is 10.4. The van der Waals surface area contributed by atoms with Gasteiger partial charge in [-0.3, -0.25) is 0 Å². The number of para-hydroxylation sites is 2. The van der Waals surface area contributed by atoms with E-state index in [2.05, 4.69) is 44.7 Å². The summed E-state index contributed by atoms with van der Waals surface area (Å²) in [5.74, 6) is 0.877. The van der Waals surface area contributed by atoms with Crippen molar-refractivity contribution < 1.29 is 28.8 Å². The van der Waals surface area contributed by atoms with Gasteiger partial charge in [-0.05, 0) is 19.1 Å². The molecule has 2 fully saturated rings. The Hall–Kier alpha value is -2.83. The lowest BCUT2D eigenvalue weighted by Gasteiger charge is -2.30. The van der Waals surface area contributed by atoms with Crippen LogP contribution in [0.1, 0.15) is 31.9 Å². The zero-order chi connectivity index (χ0) is 22.4. The van der Waals surface area contributed by atoms with E-state index in [1.165, 1.54) is 6.92 Å². The molecule has 4 rings (SSSR count). The van der Waals surface area contributed by atoms with Crippen molar-refractivity contribution in [2.45, 2.75) is 38.4 Å². The molecule has 0 bridgehead atoms. The molecule has 2 unspecified atom stereocenters. The standard InChI is InChI=1S/C21H24O4.C4H6O2/c1-21(2,17-7-3-5-9-19(17)24-13-15-11-22-15)18-8-4-6-10-20(18)25-14-16-12-23-16;1-3(2)4(5)6/h3-10,15-16H,11-14H2,1-2H3;1H2,2H3,(H,5,6). The fraction of sp³-hybridized carbons (Fsp3) is 0.400. The molecule has 0 aliphatic carbocycles. The molecule has 166 valence electrons. The maximum Gasteiger partial charge on any atom is 0.330 e. The van der Waals surface area contributed by atoms with Crippen molar-refractivity contribution in [3.63, 3.8) is 0 Å². The van der Waals surface area contributed by atoms with E-state index in [-0.39, 0.29) is 23.2 Å². The second-order valence-corrected chi connectivity index (χ2v) is 8.24. The van der Waals surface area contributed by atoms with E-state index in [0.29, 0.717) is 13.2 Å². The molecule has 2 saturated heterocycles. The van der Waals surface area contributed by atoms with Crippen LogP contribution in [0.25, 0.3) is 0 Å². The number of hydrogen-bond donors (Lipinski definition) is 1. The first kappa shape index (κ1) is 22.8. The topological polar surface area (TPSA) is 80.8 Å². The zero-order valence-corrected chi connectivity index (χ0v) is 18.3. The van der Waals surface area contributed by atoms with Crippen LogP contribution in [0.5, 0.6) is 11.5 Å². The molecule has 0 amide bonds.